The SMILES string of the molecule is CC(Nc1nccn(C(C)C)c1=O)c1cccnc1. The van der Waals surface area contributed by atoms with E-state index in [4.69, 9.17) is 0 Å². The van der Waals surface area contributed by atoms with Crippen molar-refractivity contribution in [2.75, 3.05) is 5.32 Å². The molecule has 19 heavy (non-hydrogen) atoms. The first kappa shape index (κ1) is 13.3. The van der Waals surface area contributed by atoms with Crippen molar-refractivity contribution in [3.05, 3.63) is 52.8 Å². The normalized spacial score (nSPS) is 12.4. The molecule has 0 radical (unpaired) electrons. The van der Waals surface area contributed by atoms with Crippen molar-refractivity contribution in [3.63, 3.8) is 0 Å². The second-order valence-corrected chi connectivity index (χ2v) is 4.73. The Labute approximate surface area is 112 Å². The molecule has 0 aromatic carbocycles. The van der Waals surface area contributed by atoms with Crippen LogP contribution in [0.4, 0.5) is 5.82 Å². The van der Waals surface area contributed by atoms with Crippen LogP contribution in [0.3, 0.4) is 0 Å². The van der Waals surface area contributed by atoms with Crippen LogP contribution in [0.2, 0.25) is 0 Å². The lowest BCUT2D eigenvalue weighted by Crippen LogP contribution is -2.26. The second kappa shape index (κ2) is 5.65. The predicted molar refractivity (Wildman–Crippen MR) is 75.2 cm³/mol. The summed E-state index contributed by atoms with van der Waals surface area (Å²) in [5, 5.41) is 3.14. The number of aromatic nitrogens is 3. The molecule has 0 aliphatic carbocycles. The number of hydrogen-bond acceptors (Lipinski definition) is 4. The van der Waals surface area contributed by atoms with Gasteiger partial charge in [0.1, 0.15) is 0 Å². The van der Waals surface area contributed by atoms with E-state index in [2.05, 4.69) is 15.3 Å². The number of rotatable bonds is 4. The summed E-state index contributed by atoms with van der Waals surface area (Å²) in [6.45, 7) is 5.91. The highest BCUT2D eigenvalue weighted by atomic mass is 16.1. The lowest BCUT2D eigenvalue weighted by Gasteiger charge is -2.16. The van der Waals surface area contributed by atoms with E-state index in [1.807, 2.05) is 32.9 Å². The summed E-state index contributed by atoms with van der Waals surface area (Å²) in [7, 11) is 0. The molecule has 0 saturated heterocycles. The maximum absolute atomic E-state index is 12.2. The fourth-order valence-corrected chi connectivity index (χ4v) is 1.85. The molecule has 0 bridgehead atoms. The third-order valence-electron chi connectivity index (χ3n) is 2.96. The fourth-order valence-electron chi connectivity index (χ4n) is 1.85. The molecule has 2 aromatic rings. The van der Waals surface area contributed by atoms with Gasteiger partial charge < -0.3 is 9.88 Å². The molecule has 1 atom stereocenters. The average molecular weight is 258 g/mol. The topological polar surface area (TPSA) is 59.8 Å². The minimum absolute atomic E-state index is 0.0167. The zero-order chi connectivity index (χ0) is 13.8. The Morgan fingerprint density at radius 2 is 2.05 bits per heavy atom. The number of nitrogens with zero attached hydrogens (tertiary/aromatic N) is 3. The number of pyridine rings is 1. The standard InChI is InChI=1S/C14H18N4O/c1-10(2)18-8-7-16-13(14(18)19)17-11(3)12-5-4-6-15-9-12/h4-11H,1-3H3,(H,16,17). The molecule has 0 fully saturated rings. The van der Waals surface area contributed by atoms with E-state index in [9.17, 15) is 4.79 Å². The van der Waals surface area contributed by atoms with Gasteiger partial charge in [0.25, 0.3) is 5.56 Å². The second-order valence-electron chi connectivity index (χ2n) is 4.73. The molecule has 0 spiro atoms. The highest BCUT2D eigenvalue weighted by molar-refractivity contribution is 5.35. The summed E-state index contributed by atoms with van der Waals surface area (Å²) >= 11 is 0. The van der Waals surface area contributed by atoms with E-state index in [-0.39, 0.29) is 17.6 Å². The average Bonchev–Trinajstić information content (AvgIpc) is 2.41. The van der Waals surface area contributed by atoms with Gasteiger partial charge >= 0.3 is 0 Å². The third kappa shape index (κ3) is 2.99. The molecular weight excluding hydrogens is 240 g/mol. The van der Waals surface area contributed by atoms with Gasteiger partial charge in [-0.1, -0.05) is 6.07 Å². The van der Waals surface area contributed by atoms with Crippen LogP contribution in [0, 0.1) is 0 Å². The van der Waals surface area contributed by atoms with Gasteiger partial charge in [-0.05, 0) is 32.4 Å². The molecule has 5 nitrogen and oxygen atoms in total. The van der Waals surface area contributed by atoms with Gasteiger partial charge in [0.05, 0.1) is 6.04 Å². The lowest BCUT2D eigenvalue weighted by atomic mass is 10.1. The van der Waals surface area contributed by atoms with Crippen LogP contribution in [-0.4, -0.2) is 14.5 Å². The zero-order valence-corrected chi connectivity index (χ0v) is 11.4. The zero-order valence-electron chi connectivity index (χ0n) is 11.4. The van der Waals surface area contributed by atoms with Crippen molar-refractivity contribution in [1.82, 2.24) is 14.5 Å². The molecule has 2 heterocycles. The van der Waals surface area contributed by atoms with Crippen LogP contribution >= 0.6 is 0 Å². The largest absolute Gasteiger partial charge is 0.359 e. The molecule has 1 unspecified atom stereocenters. The number of anilines is 1. The number of hydrogen-bond donors (Lipinski definition) is 1. The van der Waals surface area contributed by atoms with Crippen molar-refractivity contribution in [3.8, 4) is 0 Å². The Hall–Kier alpha value is -2.17. The molecular formula is C14H18N4O. The molecule has 1 N–H and O–H groups in total. The van der Waals surface area contributed by atoms with Crippen molar-refractivity contribution in [2.45, 2.75) is 32.9 Å². The van der Waals surface area contributed by atoms with E-state index in [0.29, 0.717) is 5.82 Å². The molecule has 0 saturated carbocycles. The van der Waals surface area contributed by atoms with Gasteiger partial charge in [-0.15, -0.1) is 0 Å². The summed E-state index contributed by atoms with van der Waals surface area (Å²) in [5.74, 6) is 0.368. The summed E-state index contributed by atoms with van der Waals surface area (Å²) in [4.78, 5) is 20.4. The summed E-state index contributed by atoms with van der Waals surface area (Å²) < 4.78 is 1.66. The van der Waals surface area contributed by atoms with Crippen LogP contribution in [0.1, 0.15) is 38.4 Å². The van der Waals surface area contributed by atoms with Gasteiger partial charge in [-0.3, -0.25) is 9.78 Å². The Kier molecular flexibility index (Phi) is 3.94. The van der Waals surface area contributed by atoms with E-state index in [1.54, 1.807) is 29.4 Å². The highest BCUT2D eigenvalue weighted by Crippen LogP contribution is 2.14. The van der Waals surface area contributed by atoms with Crippen molar-refractivity contribution < 1.29 is 0 Å². The van der Waals surface area contributed by atoms with Gasteiger partial charge in [0.15, 0.2) is 5.82 Å². The molecule has 0 aliphatic heterocycles. The molecule has 2 rings (SSSR count). The first-order valence-corrected chi connectivity index (χ1v) is 6.33. The quantitative estimate of drug-likeness (QED) is 0.914. The van der Waals surface area contributed by atoms with E-state index < -0.39 is 0 Å². The maximum Gasteiger partial charge on any atom is 0.293 e. The fraction of sp³-hybridized carbons (Fsp3) is 0.357. The molecule has 0 amide bonds. The Morgan fingerprint density at radius 1 is 1.26 bits per heavy atom. The summed E-state index contributed by atoms with van der Waals surface area (Å²) in [5.41, 5.74) is 0.914. The lowest BCUT2D eigenvalue weighted by molar-refractivity contribution is 0.574. The Morgan fingerprint density at radius 3 is 2.68 bits per heavy atom. The van der Waals surface area contributed by atoms with Crippen LogP contribution in [0.15, 0.2) is 41.7 Å². The minimum atomic E-state index is -0.103. The highest BCUT2D eigenvalue weighted by Gasteiger charge is 2.11. The Balaban J connectivity index is 2.25. The molecule has 2 aromatic heterocycles. The van der Waals surface area contributed by atoms with Crippen molar-refractivity contribution >= 4 is 5.82 Å². The van der Waals surface area contributed by atoms with Gasteiger partial charge in [0, 0.05) is 30.8 Å². The van der Waals surface area contributed by atoms with Crippen molar-refractivity contribution in [2.24, 2.45) is 0 Å². The van der Waals surface area contributed by atoms with Crippen LogP contribution in [0.5, 0.6) is 0 Å². The van der Waals surface area contributed by atoms with Crippen LogP contribution in [0.25, 0.3) is 0 Å². The Bertz CT molecular complexity index is 592. The van der Waals surface area contributed by atoms with Gasteiger partial charge in [0.2, 0.25) is 0 Å². The van der Waals surface area contributed by atoms with Gasteiger partial charge in [-0.2, -0.15) is 0 Å². The molecule has 5 heteroatoms. The van der Waals surface area contributed by atoms with E-state index >= 15 is 0 Å². The van der Waals surface area contributed by atoms with Crippen molar-refractivity contribution in [1.29, 1.82) is 0 Å². The molecule has 0 aliphatic rings. The number of nitrogens with one attached hydrogen (secondary N) is 1. The summed E-state index contributed by atoms with van der Waals surface area (Å²) in [6.07, 6.45) is 6.84. The predicted octanol–water partition coefficient (Wildman–Crippen LogP) is 2.39. The van der Waals surface area contributed by atoms with Crippen LogP contribution < -0.4 is 10.9 Å². The van der Waals surface area contributed by atoms with E-state index in [1.165, 1.54) is 0 Å². The monoisotopic (exact) mass is 258 g/mol. The summed E-state index contributed by atoms with van der Waals surface area (Å²) in [6, 6.07) is 3.94. The first-order valence-electron chi connectivity index (χ1n) is 6.33. The van der Waals surface area contributed by atoms with Gasteiger partial charge in [-0.25, -0.2) is 4.98 Å². The molecule has 100 valence electrons. The first-order chi connectivity index (χ1) is 9.09. The van der Waals surface area contributed by atoms with E-state index in [0.717, 1.165) is 5.56 Å². The van der Waals surface area contributed by atoms with Crippen LogP contribution in [-0.2, 0) is 0 Å². The minimum Gasteiger partial charge on any atom is -0.359 e. The smallest absolute Gasteiger partial charge is 0.293 e. The third-order valence-corrected chi connectivity index (χ3v) is 2.96. The maximum atomic E-state index is 12.2.